The zero-order valence-corrected chi connectivity index (χ0v) is 13.0. The molecule has 0 aromatic heterocycles. The number of hydrogen-bond acceptors (Lipinski definition) is 2. The summed E-state index contributed by atoms with van der Waals surface area (Å²) in [5.41, 5.74) is 5.37. The maximum absolute atomic E-state index is 3.41. The average Bonchev–Trinajstić information content (AvgIpc) is 2.56. The van der Waals surface area contributed by atoms with Gasteiger partial charge in [-0.15, -0.1) is 0 Å². The van der Waals surface area contributed by atoms with E-state index in [2.05, 4.69) is 72.6 Å². The van der Waals surface area contributed by atoms with Gasteiger partial charge in [0.1, 0.15) is 0 Å². The number of hydrogen-bond donors (Lipinski definition) is 1. The standard InChI is InChI=1S/C19H24N2/c1-15(2)16-5-3-6-17(13-16)18-7-4-8-19(14-18)21-11-9-20-10-12-21/h3-8,13-15,20H,9-12H2,1-2H3. The molecule has 1 fully saturated rings. The van der Waals surface area contributed by atoms with Crippen molar-refractivity contribution in [2.75, 3.05) is 31.1 Å². The van der Waals surface area contributed by atoms with E-state index in [9.17, 15) is 0 Å². The van der Waals surface area contributed by atoms with Crippen LogP contribution >= 0.6 is 0 Å². The molecular weight excluding hydrogens is 256 g/mol. The maximum atomic E-state index is 3.41. The van der Waals surface area contributed by atoms with Crippen LogP contribution in [0.25, 0.3) is 11.1 Å². The van der Waals surface area contributed by atoms with E-state index in [1.807, 2.05) is 0 Å². The summed E-state index contributed by atoms with van der Waals surface area (Å²) >= 11 is 0. The summed E-state index contributed by atoms with van der Waals surface area (Å²) in [4.78, 5) is 2.46. The summed E-state index contributed by atoms with van der Waals surface area (Å²) in [6.45, 7) is 8.83. The molecule has 0 amide bonds. The van der Waals surface area contributed by atoms with Crippen LogP contribution in [-0.2, 0) is 0 Å². The van der Waals surface area contributed by atoms with E-state index >= 15 is 0 Å². The van der Waals surface area contributed by atoms with Gasteiger partial charge < -0.3 is 10.2 Å². The van der Waals surface area contributed by atoms with Crippen LogP contribution in [-0.4, -0.2) is 26.2 Å². The molecule has 0 radical (unpaired) electrons. The highest BCUT2D eigenvalue weighted by molar-refractivity contribution is 5.69. The molecule has 2 aromatic carbocycles. The second-order valence-electron chi connectivity index (χ2n) is 6.07. The van der Waals surface area contributed by atoms with E-state index in [0.29, 0.717) is 5.92 Å². The van der Waals surface area contributed by atoms with Gasteiger partial charge in [0, 0.05) is 31.9 Å². The number of piperazine rings is 1. The monoisotopic (exact) mass is 280 g/mol. The molecular formula is C19H24N2. The molecule has 0 saturated carbocycles. The molecule has 2 aromatic rings. The van der Waals surface area contributed by atoms with Crippen molar-refractivity contribution in [2.24, 2.45) is 0 Å². The summed E-state index contributed by atoms with van der Waals surface area (Å²) in [5, 5.41) is 3.41. The van der Waals surface area contributed by atoms with Crippen LogP contribution in [0.2, 0.25) is 0 Å². The third-order valence-corrected chi connectivity index (χ3v) is 4.21. The number of nitrogens with zero attached hydrogens (tertiary/aromatic N) is 1. The second kappa shape index (κ2) is 6.31. The Morgan fingerprint density at radius 1 is 0.905 bits per heavy atom. The van der Waals surface area contributed by atoms with Crippen molar-refractivity contribution in [3.63, 3.8) is 0 Å². The van der Waals surface area contributed by atoms with Gasteiger partial charge in [-0.2, -0.15) is 0 Å². The lowest BCUT2D eigenvalue weighted by Crippen LogP contribution is -2.43. The normalized spacial score (nSPS) is 15.5. The summed E-state index contributed by atoms with van der Waals surface area (Å²) in [6, 6.07) is 17.9. The molecule has 1 saturated heterocycles. The second-order valence-corrected chi connectivity index (χ2v) is 6.07. The summed E-state index contributed by atoms with van der Waals surface area (Å²) in [6.07, 6.45) is 0. The number of benzene rings is 2. The quantitative estimate of drug-likeness (QED) is 0.917. The van der Waals surface area contributed by atoms with Crippen LogP contribution < -0.4 is 10.2 Å². The van der Waals surface area contributed by atoms with Crippen molar-refractivity contribution in [1.29, 1.82) is 0 Å². The summed E-state index contributed by atoms with van der Waals surface area (Å²) < 4.78 is 0. The van der Waals surface area contributed by atoms with Crippen molar-refractivity contribution in [3.8, 4) is 11.1 Å². The first-order chi connectivity index (χ1) is 10.2. The first kappa shape index (κ1) is 14.2. The third kappa shape index (κ3) is 3.27. The molecule has 2 heteroatoms. The van der Waals surface area contributed by atoms with Crippen molar-refractivity contribution in [3.05, 3.63) is 54.1 Å². The Morgan fingerprint density at radius 3 is 2.29 bits per heavy atom. The number of anilines is 1. The Kier molecular flexibility index (Phi) is 4.26. The Balaban J connectivity index is 1.90. The molecule has 2 nitrogen and oxygen atoms in total. The minimum absolute atomic E-state index is 0.571. The predicted octanol–water partition coefficient (Wildman–Crippen LogP) is 3.89. The highest BCUT2D eigenvalue weighted by Crippen LogP contribution is 2.27. The van der Waals surface area contributed by atoms with Crippen LogP contribution in [0, 0.1) is 0 Å². The lowest BCUT2D eigenvalue weighted by Gasteiger charge is -2.29. The van der Waals surface area contributed by atoms with E-state index in [1.165, 1.54) is 22.4 Å². The highest BCUT2D eigenvalue weighted by Gasteiger charge is 2.11. The summed E-state index contributed by atoms with van der Waals surface area (Å²) in [7, 11) is 0. The van der Waals surface area contributed by atoms with Gasteiger partial charge in [-0.25, -0.2) is 0 Å². The minimum Gasteiger partial charge on any atom is -0.369 e. The molecule has 0 unspecified atom stereocenters. The Morgan fingerprint density at radius 2 is 1.57 bits per heavy atom. The third-order valence-electron chi connectivity index (χ3n) is 4.21. The minimum atomic E-state index is 0.571. The fourth-order valence-corrected chi connectivity index (χ4v) is 2.88. The molecule has 1 aliphatic heterocycles. The lowest BCUT2D eigenvalue weighted by atomic mass is 9.97. The van der Waals surface area contributed by atoms with Gasteiger partial charge in [-0.3, -0.25) is 0 Å². The largest absolute Gasteiger partial charge is 0.369 e. The first-order valence-electron chi connectivity index (χ1n) is 7.90. The molecule has 0 bridgehead atoms. The van der Waals surface area contributed by atoms with Gasteiger partial charge in [-0.1, -0.05) is 50.2 Å². The SMILES string of the molecule is CC(C)c1cccc(-c2cccc(N3CCNCC3)c2)c1. The van der Waals surface area contributed by atoms with Crippen LogP contribution in [0.3, 0.4) is 0 Å². The fraction of sp³-hybridized carbons (Fsp3) is 0.368. The maximum Gasteiger partial charge on any atom is 0.0373 e. The van der Waals surface area contributed by atoms with E-state index in [0.717, 1.165) is 26.2 Å². The smallest absolute Gasteiger partial charge is 0.0373 e. The van der Waals surface area contributed by atoms with Gasteiger partial charge in [-0.05, 0) is 34.7 Å². The van der Waals surface area contributed by atoms with Gasteiger partial charge >= 0.3 is 0 Å². The summed E-state index contributed by atoms with van der Waals surface area (Å²) in [5.74, 6) is 0.571. The predicted molar refractivity (Wildman–Crippen MR) is 91.0 cm³/mol. The number of nitrogens with one attached hydrogen (secondary N) is 1. The van der Waals surface area contributed by atoms with Crippen LogP contribution in [0.1, 0.15) is 25.3 Å². The van der Waals surface area contributed by atoms with Gasteiger partial charge in [0.15, 0.2) is 0 Å². The van der Waals surface area contributed by atoms with Crippen LogP contribution in [0.5, 0.6) is 0 Å². The molecule has 0 atom stereocenters. The van der Waals surface area contributed by atoms with Gasteiger partial charge in [0.25, 0.3) is 0 Å². The molecule has 1 aliphatic rings. The Bertz CT molecular complexity index is 598. The van der Waals surface area contributed by atoms with Crippen molar-refractivity contribution >= 4 is 5.69 Å². The zero-order valence-electron chi connectivity index (χ0n) is 13.0. The fourth-order valence-electron chi connectivity index (χ4n) is 2.88. The molecule has 1 heterocycles. The van der Waals surface area contributed by atoms with E-state index in [1.54, 1.807) is 0 Å². The molecule has 21 heavy (non-hydrogen) atoms. The molecule has 0 spiro atoms. The Labute approximate surface area is 127 Å². The molecule has 3 rings (SSSR count). The van der Waals surface area contributed by atoms with E-state index < -0.39 is 0 Å². The average molecular weight is 280 g/mol. The molecule has 0 aliphatic carbocycles. The lowest BCUT2D eigenvalue weighted by molar-refractivity contribution is 0.589. The zero-order chi connectivity index (χ0) is 14.7. The van der Waals surface area contributed by atoms with E-state index in [4.69, 9.17) is 0 Å². The molecule has 110 valence electrons. The van der Waals surface area contributed by atoms with Crippen LogP contribution in [0.15, 0.2) is 48.5 Å². The van der Waals surface area contributed by atoms with E-state index in [-0.39, 0.29) is 0 Å². The first-order valence-corrected chi connectivity index (χ1v) is 7.90. The van der Waals surface area contributed by atoms with Crippen molar-refractivity contribution in [2.45, 2.75) is 19.8 Å². The van der Waals surface area contributed by atoms with Crippen LogP contribution in [0.4, 0.5) is 5.69 Å². The van der Waals surface area contributed by atoms with Crippen molar-refractivity contribution < 1.29 is 0 Å². The van der Waals surface area contributed by atoms with Crippen molar-refractivity contribution in [1.82, 2.24) is 5.32 Å². The van der Waals surface area contributed by atoms with Gasteiger partial charge in [0.2, 0.25) is 0 Å². The molecule has 1 N–H and O–H groups in total. The van der Waals surface area contributed by atoms with Gasteiger partial charge in [0.05, 0.1) is 0 Å². The Hall–Kier alpha value is -1.80. The topological polar surface area (TPSA) is 15.3 Å². The number of rotatable bonds is 3. The highest BCUT2D eigenvalue weighted by atomic mass is 15.2.